The van der Waals surface area contributed by atoms with Crippen LogP contribution in [0.25, 0.3) is 0 Å². The molecular weight excluding hydrogens is 486 g/mol. The lowest BCUT2D eigenvalue weighted by Crippen LogP contribution is -2.34. The number of hydrogen-bond donors (Lipinski definition) is 0. The highest BCUT2D eigenvalue weighted by Crippen LogP contribution is 1.93. The van der Waals surface area contributed by atoms with Gasteiger partial charge in [-0.3, -0.25) is 4.90 Å². The average Bonchev–Trinajstić information content (AvgIpc) is 2.94. The Labute approximate surface area is 237 Å². The maximum absolute atomic E-state index is 5.65. The lowest BCUT2D eigenvalue weighted by Gasteiger charge is -2.22. The first kappa shape index (κ1) is 44.4. The number of rotatable bonds is 26. The summed E-state index contributed by atoms with van der Waals surface area (Å²) >= 11 is 0. The van der Waals surface area contributed by atoms with E-state index in [0.717, 1.165) is 72.1 Å². The fourth-order valence-electron chi connectivity index (χ4n) is 2.42. The molecule has 8 heteroatoms. The van der Waals surface area contributed by atoms with Crippen molar-refractivity contribution in [3.63, 3.8) is 0 Å². The van der Waals surface area contributed by atoms with Crippen LogP contribution in [-0.2, 0) is 33.2 Å². The van der Waals surface area contributed by atoms with Gasteiger partial charge in [0.25, 0.3) is 0 Å². The van der Waals surface area contributed by atoms with Crippen LogP contribution in [0.5, 0.6) is 0 Å². The summed E-state index contributed by atoms with van der Waals surface area (Å²) in [5.41, 5.74) is 0. The third-order valence-corrected chi connectivity index (χ3v) is 4.20. The monoisotopic (exact) mass is 553 g/mol. The Kier molecular flexibility index (Phi) is 57.7. The molecule has 8 nitrogen and oxygen atoms in total. The SMILES string of the molecule is C=CCCOCC.CC.CCC.CCCOCCN(CCOCCOCC)CCOCCOCCOCC. The summed E-state index contributed by atoms with van der Waals surface area (Å²) in [7, 11) is 0. The van der Waals surface area contributed by atoms with Gasteiger partial charge in [-0.1, -0.05) is 47.1 Å². The van der Waals surface area contributed by atoms with Crippen LogP contribution in [0.4, 0.5) is 0 Å². The van der Waals surface area contributed by atoms with Gasteiger partial charge in [-0.2, -0.15) is 0 Å². The smallest absolute Gasteiger partial charge is 0.0701 e. The Morgan fingerprint density at radius 3 is 1.13 bits per heavy atom. The van der Waals surface area contributed by atoms with Crippen LogP contribution >= 0.6 is 0 Å². The van der Waals surface area contributed by atoms with Gasteiger partial charge in [-0.05, 0) is 33.6 Å². The Bertz CT molecular complexity index is 363. The van der Waals surface area contributed by atoms with Crippen molar-refractivity contribution in [1.29, 1.82) is 0 Å². The summed E-state index contributed by atoms with van der Waals surface area (Å²) < 4.78 is 37.8. The fraction of sp³-hybridized carbons (Fsp3) is 0.933. The van der Waals surface area contributed by atoms with E-state index < -0.39 is 0 Å². The quantitative estimate of drug-likeness (QED) is 0.0972. The Balaban J connectivity index is -0.000000402. The van der Waals surface area contributed by atoms with Gasteiger partial charge < -0.3 is 33.2 Å². The molecule has 234 valence electrons. The summed E-state index contributed by atoms with van der Waals surface area (Å²) in [4.78, 5) is 2.31. The number of ether oxygens (including phenoxy) is 7. The summed E-state index contributed by atoms with van der Waals surface area (Å²) in [6, 6.07) is 0. The van der Waals surface area contributed by atoms with E-state index in [0.29, 0.717) is 52.9 Å². The van der Waals surface area contributed by atoms with Gasteiger partial charge in [0.05, 0.1) is 59.5 Å². The standard InChI is InChI=1S/C19H41NO6.C6H12O.C3H8.C2H6/c1-4-10-23-11-7-20(8-12-24-16-14-21-5-2)9-13-25-18-19-26-17-15-22-6-3;1-3-5-6-7-4-2;1-3-2;1-2/h4-19H2,1-3H3;3H,1,4-6H2,2H3;3H2,1-2H3;1-2H3. The minimum atomic E-state index is 0.604. The minimum absolute atomic E-state index is 0.604. The lowest BCUT2D eigenvalue weighted by molar-refractivity contribution is 0.00589. The molecular formula is C30H67NO7. The second-order valence-electron chi connectivity index (χ2n) is 7.67. The van der Waals surface area contributed by atoms with Gasteiger partial charge in [0.2, 0.25) is 0 Å². The lowest BCUT2D eigenvalue weighted by atomic mass is 10.4. The van der Waals surface area contributed by atoms with Gasteiger partial charge in [0, 0.05) is 52.7 Å². The van der Waals surface area contributed by atoms with Crippen LogP contribution in [0.15, 0.2) is 12.7 Å². The molecule has 0 aromatic carbocycles. The molecule has 0 N–H and O–H groups in total. The molecule has 0 spiro atoms. The van der Waals surface area contributed by atoms with Crippen molar-refractivity contribution in [1.82, 2.24) is 4.90 Å². The topological polar surface area (TPSA) is 67.9 Å². The molecule has 0 aromatic rings. The number of nitrogens with zero attached hydrogens (tertiary/aromatic N) is 1. The predicted octanol–water partition coefficient (Wildman–Crippen LogP) is 5.88. The summed E-state index contributed by atoms with van der Waals surface area (Å²) in [6.07, 6.45) is 5.12. The highest BCUT2D eigenvalue weighted by atomic mass is 16.5. The fourth-order valence-corrected chi connectivity index (χ4v) is 2.42. The van der Waals surface area contributed by atoms with Crippen molar-refractivity contribution in [2.45, 2.75) is 74.7 Å². The third-order valence-electron chi connectivity index (χ3n) is 4.20. The predicted molar refractivity (Wildman–Crippen MR) is 162 cm³/mol. The first-order chi connectivity index (χ1) is 18.7. The van der Waals surface area contributed by atoms with E-state index in [1.807, 2.05) is 40.7 Å². The highest BCUT2D eigenvalue weighted by Gasteiger charge is 2.05. The van der Waals surface area contributed by atoms with Crippen LogP contribution < -0.4 is 0 Å². The molecule has 0 amide bonds. The molecule has 0 saturated carbocycles. The zero-order chi connectivity index (χ0) is 29.4. The molecule has 0 unspecified atom stereocenters. The van der Waals surface area contributed by atoms with E-state index in [-0.39, 0.29) is 0 Å². The van der Waals surface area contributed by atoms with Gasteiger partial charge in [-0.15, -0.1) is 6.58 Å². The Hall–Kier alpha value is -0.580. The molecule has 0 aliphatic rings. The second kappa shape index (κ2) is 49.4. The first-order valence-electron chi connectivity index (χ1n) is 15.0. The van der Waals surface area contributed by atoms with E-state index in [4.69, 9.17) is 33.2 Å². The summed E-state index contributed by atoms with van der Waals surface area (Å²) in [6.45, 7) is 32.3. The zero-order valence-electron chi connectivity index (χ0n) is 26.7. The maximum Gasteiger partial charge on any atom is 0.0701 e. The molecule has 0 fully saturated rings. The third kappa shape index (κ3) is 52.0. The molecule has 0 saturated heterocycles. The van der Waals surface area contributed by atoms with Gasteiger partial charge >= 0.3 is 0 Å². The van der Waals surface area contributed by atoms with Crippen LogP contribution in [0.2, 0.25) is 0 Å². The van der Waals surface area contributed by atoms with Crippen molar-refractivity contribution in [2.75, 3.05) is 112 Å². The van der Waals surface area contributed by atoms with Crippen LogP contribution in [0.3, 0.4) is 0 Å². The molecule has 0 atom stereocenters. The molecule has 0 heterocycles. The van der Waals surface area contributed by atoms with Crippen LogP contribution in [-0.4, -0.2) is 117 Å². The maximum atomic E-state index is 5.65. The molecule has 38 heavy (non-hydrogen) atoms. The van der Waals surface area contributed by atoms with Gasteiger partial charge in [0.1, 0.15) is 0 Å². The molecule has 0 aliphatic carbocycles. The summed E-state index contributed by atoms with van der Waals surface area (Å²) in [5, 5.41) is 0. The van der Waals surface area contributed by atoms with Gasteiger partial charge in [-0.25, -0.2) is 0 Å². The van der Waals surface area contributed by atoms with Crippen molar-refractivity contribution in [3.05, 3.63) is 12.7 Å². The van der Waals surface area contributed by atoms with E-state index in [1.165, 1.54) is 6.42 Å². The van der Waals surface area contributed by atoms with Crippen molar-refractivity contribution < 1.29 is 33.2 Å². The Morgan fingerprint density at radius 1 is 0.474 bits per heavy atom. The highest BCUT2D eigenvalue weighted by molar-refractivity contribution is 4.64. The molecule has 0 aromatic heterocycles. The largest absolute Gasteiger partial charge is 0.381 e. The number of hydrogen-bond acceptors (Lipinski definition) is 8. The molecule has 0 radical (unpaired) electrons. The van der Waals surface area contributed by atoms with E-state index >= 15 is 0 Å². The molecule has 0 bridgehead atoms. The normalized spacial score (nSPS) is 10.1. The first-order valence-corrected chi connectivity index (χ1v) is 15.0. The molecule has 0 rings (SSSR count). The average molecular weight is 554 g/mol. The zero-order valence-corrected chi connectivity index (χ0v) is 26.7. The van der Waals surface area contributed by atoms with Crippen molar-refractivity contribution in [3.8, 4) is 0 Å². The van der Waals surface area contributed by atoms with Crippen molar-refractivity contribution in [2.24, 2.45) is 0 Å². The minimum Gasteiger partial charge on any atom is -0.381 e. The van der Waals surface area contributed by atoms with Gasteiger partial charge in [0.15, 0.2) is 0 Å². The summed E-state index contributed by atoms with van der Waals surface area (Å²) in [5.74, 6) is 0. The van der Waals surface area contributed by atoms with E-state index in [2.05, 4.69) is 32.3 Å². The van der Waals surface area contributed by atoms with E-state index in [1.54, 1.807) is 0 Å². The van der Waals surface area contributed by atoms with E-state index in [9.17, 15) is 0 Å². The Morgan fingerprint density at radius 2 is 0.789 bits per heavy atom. The molecule has 0 aliphatic heterocycles. The van der Waals surface area contributed by atoms with Crippen LogP contribution in [0, 0.1) is 0 Å². The second-order valence-corrected chi connectivity index (χ2v) is 7.67. The van der Waals surface area contributed by atoms with Crippen LogP contribution in [0.1, 0.15) is 74.7 Å². The van der Waals surface area contributed by atoms with Crippen molar-refractivity contribution >= 4 is 0 Å².